The number of piperidine rings is 1. The van der Waals surface area contributed by atoms with Crippen LogP contribution in [-0.4, -0.2) is 59.9 Å². The molecule has 0 aliphatic carbocycles. The summed E-state index contributed by atoms with van der Waals surface area (Å²) in [4.78, 5) is 35.1. The van der Waals surface area contributed by atoms with Gasteiger partial charge in [-0.1, -0.05) is 0 Å². The summed E-state index contributed by atoms with van der Waals surface area (Å²) in [5.74, 6) is 0.403. The minimum atomic E-state index is -0.512. The average Bonchev–Trinajstić information content (AvgIpc) is 3.45. The number of amides is 2. The molecule has 32 heavy (non-hydrogen) atoms. The molecule has 2 amide bonds. The second-order valence-electron chi connectivity index (χ2n) is 8.70. The standard InChI is InChI=1S/C22H27N7O3/c1-22(2,3)32-21(31)27-11-8-17(9-12-27)28-10-4-5-18(28)20(30)26-16-6-7-19(24-13-16)29-15-23-14-25-29/h4-7,10,13-15,17H,8-9,11-12H2,1-3H3,(H,26,30). The van der Waals surface area contributed by atoms with Gasteiger partial charge < -0.3 is 19.5 Å². The molecule has 168 valence electrons. The predicted molar refractivity (Wildman–Crippen MR) is 118 cm³/mol. The number of hydrogen-bond donors (Lipinski definition) is 1. The number of carbonyl (C=O) groups excluding carboxylic acids is 2. The van der Waals surface area contributed by atoms with Crippen molar-refractivity contribution in [3.8, 4) is 5.82 Å². The molecule has 0 spiro atoms. The third-order valence-corrected chi connectivity index (χ3v) is 5.18. The Bertz CT molecular complexity index is 1060. The van der Waals surface area contributed by atoms with Crippen LogP contribution in [-0.2, 0) is 4.74 Å². The van der Waals surface area contributed by atoms with Crippen LogP contribution in [0.25, 0.3) is 5.82 Å². The van der Waals surface area contributed by atoms with Crippen LogP contribution in [0.4, 0.5) is 10.5 Å². The van der Waals surface area contributed by atoms with Crippen LogP contribution >= 0.6 is 0 Å². The third-order valence-electron chi connectivity index (χ3n) is 5.18. The molecule has 1 aliphatic heterocycles. The zero-order valence-electron chi connectivity index (χ0n) is 18.4. The van der Waals surface area contributed by atoms with Gasteiger partial charge in [0.25, 0.3) is 5.91 Å². The lowest BCUT2D eigenvalue weighted by atomic mass is 10.0. The summed E-state index contributed by atoms with van der Waals surface area (Å²) in [7, 11) is 0. The number of rotatable bonds is 4. The lowest BCUT2D eigenvalue weighted by Gasteiger charge is -2.34. The van der Waals surface area contributed by atoms with E-state index in [9.17, 15) is 9.59 Å². The summed E-state index contributed by atoms with van der Waals surface area (Å²) >= 11 is 0. The molecular weight excluding hydrogens is 410 g/mol. The molecular formula is C22H27N7O3. The molecule has 0 atom stereocenters. The van der Waals surface area contributed by atoms with Gasteiger partial charge in [0.15, 0.2) is 5.82 Å². The molecule has 0 saturated carbocycles. The van der Waals surface area contributed by atoms with Crippen molar-refractivity contribution in [2.45, 2.75) is 45.3 Å². The SMILES string of the molecule is CC(C)(C)OC(=O)N1CCC(n2cccc2C(=O)Nc2ccc(-n3cncn3)nc2)CC1. The van der Waals surface area contributed by atoms with Gasteiger partial charge >= 0.3 is 6.09 Å². The summed E-state index contributed by atoms with van der Waals surface area (Å²) in [5.41, 5.74) is 0.648. The summed E-state index contributed by atoms with van der Waals surface area (Å²) < 4.78 is 8.99. The lowest BCUT2D eigenvalue weighted by Crippen LogP contribution is -2.42. The number of carbonyl (C=O) groups is 2. The highest BCUT2D eigenvalue weighted by atomic mass is 16.6. The number of hydrogen-bond acceptors (Lipinski definition) is 6. The van der Waals surface area contributed by atoms with Gasteiger partial charge in [0.2, 0.25) is 0 Å². The zero-order valence-corrected chi connectivity index (χ0v) is 18.4. The van der Waals surface area contributed by atoms with E-state index in [-0.39, 0.29) is 18.0 Å². The minimum absolute atomic E-state index is 0.136. The largest absolute Gasteiger partial charge is 0.444 e. The Morgan fingerprint density at radius 3 is 2.56 bits per heavy atom. The maximum atomic E-state index is 12.9. The van der Waals surface area contributed by atoms with Crippen LogP contribution in [0.3, 0.4) is 0 Å². The number of nitrogens with one attached hydrogen (secondary N) is 1. The molecule has 1 N–H and O–H groups in total. The molecule has 0 bridgehead atoms. The highest BCUT2D eigenvalue weighted by Crippen LogP contribution is 2.26. The van der Waals surface area contributed by atoms with Crippen molar-refractivity contribution in [1.29, 1.82) is 0 Å². The van der Waals surface area contributed by atoms with Crippen molar-refractivity contribution in [2.75, 3.05) is 18.4 Å². The van der Waals surface area contributed by atoms with Crippen LogP contribution in [0.1, 0.15) is 50.1 Å². The Morgan fingerprint density at radius 2 is 1.94 bits per heavy atom. The first-order valence-electron chi connectivity index (χ1n) is 10.6. The normalized spacial score (nSPS) is 14.9. The van der Waals surface area contributed by atoms with Crippen LogP contribution in [0.15, 0.2) is 49.3 Å². The molecule has 10 heteroatoms. The van der Waals surface area contributed by atoms with E-state index in [1.165, 1.54) is 6.33 Å². The quantitative estimate of drug-likeness (QED) is 0.671. The molecule has 3 aromatic rings. The van der Waals surface area contributed by atoms with Crippen molar-refractivity contribution in [3.05, 3.63) is 55.0 Å². The van der Waals surface area contributed by atoms with Crippen LogP contribution in [0.5, 0.6) is 0 Å². The van der Waals surface area contributed by atoms with E-state index in [0.29, 0.717) is 30.3 Å². The van der Waals surface area contributed by atoms with E-state index in [1.54, 1.807) is 40.3 Å². The van der Waals surface area contributed by atoms with E-state index >= 15 is 0 Å². The fraction of sp³-hybridized carbons (Fsp3) is 0.409. The first-order chi connectivity index (χ1) is 15.3. The Kier molecular flexibility index (Phi) is 5.93. The maximum Gasteiger partial charge on any atom is 0.410 e. The van der Waals surface area contributed by atoms with Crippen LogP contribution in [0, 0.1) is 0 Å². The van der Waals surface area contributed by atoms with Crippen LogP contribution < -0.4 is 5.32 Å². The average molecular weight is 438 g/mol. The molecule has 0 radical (unpaired) electrons. The highest BCUT2D eigenvalue weighted by molar-refractivity contribution is 6.03. The Balaban J connectivity index is 1.37. The third kappa shape index (κ3) is 4.96. The summed E-state index contributed by atoms with van der Waals surface area (Å²) in [6.07, 6.45) is 7.70. The number of pyridine rings is 1. The monoisotopic (exact) mass is 437 g/mol. The van der Waals surface area contributed by atoms with E-state index in [1.807, 2.05) is 37.6 Å². The number of aromatic nitrogens is 5. The first kappa shape index (κ1) is 21.5. The maximum absolute atomic E-state index is 12.9. The predicted octanol–water partition coefficient (Wildman–Crippen LogP) is 3.29. The van der Waals surface area contributed by atoms with E-state index in [0.717, 1.165) is 12.8 Å². The molecule has 1 saturated heterocycles. The second kappa shape index (κ2) is 8.81. The Labute approximate surface area is 186 Å². The molecule has 4 heterocycles. The highest BCUT2D eigenvalue weighted by Gasteiger charge is 2.28. The van der Waals surface area contributed by atoms with Gasteiger partial charge in [-0.25, -0.2) is 19.4 Å². The first-order valence-corrected chi connectivity index (χ1v) is 10.6. The molecule has 10 nitrogen and oxygen atoms in total. The number of ether oxygens (including phenoxy) is 1. The number of likely N-dealkylation sites (tertiary alicyclic amines) is 1. The summed E-state index contributed by atoms with van der Waals surface area (Å²) in [6, 6.07) is 7.33. The fourth-order valence-electron chi connectivity index (χ4n) is 3.67. The molecule has 1 fully saturated rings. The van der Waals surface area contributed by atoms with Crippen molar-refractivity contribution >= 4 is 17.7 Å². The summed E-state index contributed by atoms with van der Waals surface area (Å²) in [5, 5.41) is 6.93. The van der Waals surface area contributed by atoms with Crippen molar-refractivity contribution in [3.63, 3.8) is 0 Å². The van der Waals surface area contributed by atoms with Crippen molar-refractivity contribution in [1.82, 2.24) is 29.2 Å². The van der Waals surface area contributed by atoms with Gasteiger partial charge in [-0.05, 0) is 57.9 Å². The van der Waals surface area contributed by atoms with E-state index < -0.39 is 5.60 Å². The van der Waals surface area contributed by atoms with E-state index in [4.69, 9.17) is 4.74 Å². The van der Waals surface area contributed by atoms with Gasteiger partial charge in [0, 0.05) is 25.3 Å². The van der Waals surface area contributed by atoms with Gasteiger partial charge in [0.05, 0.1) is 11.9 Å². The lowest BCUT2D eigenvalue weighted by molar-refractivity contribution is 0.0187. The summed E-state index contributed by atoms with van der Waals surface area (Å²) in [6.45, 7) is 6.76. The number of nitrogens with zero attached hydrogens (tertiary/aromatic N) is 6. The van der Waals surface area contributed by atoms with Crippen molar-refractivity contribution < 1.29 is 14.3 Å². The zero-order chi connectivity index (χ0) is 22.7. The van der Waals surface area contributed by atoms with E-state index in [2.05, 4.69) is 20.4 Å². The van der Waals surface area contributed by atoms with Gasteiger partial charge in [-0.3, -0.25) is 4.79 Å². The molecule has 4 rings (SSSR count). The molecule has 1 aliphatic rings. The Morgan fingerprint density at radius 1 is 1.16 bits per heavy atom. The number of anilines is 1. The second-order valence-corrected chi connectivity index (χ2v) is 8.70. The molecule has 3 aromatic heterocycles. The van der Waals surface area contributed by atoms with Crippen LogP contribution in [0.2, 0.25) is 0 Å². The van der Waals surface area contributed by atoms with Gasteiger partial charge in [-0.15, -0.1) is 0 Å². The van der Waals surface area contributed by atoms with Gasteiger partial charge in [0.1, 0.15) is 23.9 Å². The minimum Gasteiger partial charge on any atom is -0.444 e. The fourth-order valence-corrected chi connectivity index (χ4v) is 3.67. The molecule has 0 unspecified atom stereocenters. The van der Waals surface area contributed by atoms with Crippen molar-refractivity contribution in [2.24, 2.45) is 0 Å². The molecule has 0 aromatic carbocycles. The van der Waals surface area contributed by atoms with Gasteiger partial charge in [-0.2, -0.15) is 5.10 Å². The topological polar surface area (TPSA) is 107 Å². The Hall–Kier alpha value is -3.69. The smallest absolute Gasteiger partial charge is 0.410 e.